The SMILES string of the molecule is C[C@H]1[C@H](C)CC[C@]2(C(=O)O[C@@H]3O[C@H](CO)[C@@H](O)[C@H](O)[C@H]3O)CC[C@]3(C)C(=CC[C@@H]4[C@@]5(C)CC[C@H](O)C(C)(C)C5CC[C@]43C)[C@H]12. The predicted molar refractivity (Wildman–Crippen MR) is 165 cm³/mol. The standard InChI is InChI=1S/C36H58O8/c1-19-10-15-36(31(42)44-30-29(41)28(40)27(39)22(18-37)43-30)17-16-34(6)21(26(36)20(19)2)8-9-24-33(5)13-12-25(38)32(3,4)23(33)11-14-35(24,34)7/h8,19-20,22-30,37-41H,9-18H2,1-7H3/t19-,20+,22-,23?,24-,25+,26+,27-,28+,29-,30+,33+,34-,35-,36+/m1/s1. The molecule has 5 aliphatic carbocycles. The van der Waals surface area contributed by atoms with Crippen LogP contribution in [0.3, 0.4) is 0 Å². The van der Waals surface area contributed by atoms with Gasteiger partial charge in [-0.2, -0.15) is 0 Å². The van der Waals surface area contributed by atoms with Gasteiger partial charge in [-0.25, -0.2) is 0 Å². The summed E-state index contributed by atoms with van der Waals surface area (Å²) in [6.45, 7) is 16.1. The number of hydrogen-bond acceptors (Lipinski definition) is 8. The number of carbonyl (C=O) groups excluding carboxylic acids is 1. The van der Waals surface area contributed by atoms with Gasteiger partial charge < -0.3 is 35.0 Å². The average molecular weight is 619 g/mol. The number of esters is 1. The fourth-order valence-corrected chi connectivity index (χ4v) is 12.2. The van der Waals surface area contributed by atoms with Crippen molar-refractivity contribution in [3.8, 4) is 0 Å². The molecule has 6 aliphatic rings. The molecule has 4 saturated carbocycles. The molecule has 6 rings (SSSR count). The van der Waals surface area contributed by atoms with Crippen LogP contribution in [-0.4, -0.2) is 74.9 Å². The van der Waals surface area contributed by atoms with E-state index in [1.165, 1.54) is 5.57 Å². The van der Waals surface area contributed by atoms with Crippen molar-refractivity contribution in [1.29, 1.82) is 0 Å². The number of fused-ring (bicyclic) bond motifs is 7. The van der Waals surface area contributed by atoms with E-state index in [0.29, 0.717) is 30.6 Å². The normalized spacial score (nSPS) is 55.0. The van der Waals surface area contributed by atoms with E-state index in [4.69, 9.17) is 9.47 Å². The zero-order valence-corrected chi connectivity index (χ0v) is 28.0. The number of hydrogen-bond donors (Lipinski definition) is 5. The van der Waals surface area contributed by atoms with Gasteiger partial charge in [0.05, 0.1) is 18.1 Å². The molecule has 0 aromatic rings. The molecule has 5 N–H and O–H groups in total. The van der Waals surface area contributed by atoms with Gasteiger partial charge in [-0.3, -0.25) is 4.79 Å². The van der Waals surface area contributed by atoms with Gasteiger partial charge in [0, 0.05) is 0 Å². The lowest BCUT2D eigenvalue weighted by molar-refractivity contribution is -0.297. The summed E-state index contributed by atoms with van der Waals surface area (Å²) in [6, 6.07) is 0. The van der Waals surface area contributed by atoms with E-state index < -0.39 is 48.7 Å². The van der Waals surface area contributed by atoms with Crippen molar-refractivity contribution in [1.82, 2.24) is 0 Å². The van der Waals surface area contributed by atoms with E-state index in [2.05, 4.69) is 54.5 Å². The molecule has 1 unspecified atom stereocenters. The van der Waals surface area contributed by atoms with Crippen LogP contribution in [-0.2, 0) is 14.3 Å². The highest BCUT2D eigenvalue weighted by Gasteiger charge is 2.70. The molecule has 8 heteroatoms. The lowest BCUT2D eigenvalue weighted by atomic mass is 9.33. The Morgan fingerprint density at radius 1 is 0.886 bits per heavy atom. The summed E-state index contributed by atoms with van der Waals surface area (Å²) in [5.74, 6) is 1.26. The van der Waals surface area contributed by atoms with E-state index in [-0.39, 0.29) is 39.6 Å². The highest BCUT2D eigenvalue weighted by atomic mass is 16.7. The van der Waals surface area contributed by atoms with Crippen molar-refractivity contribution >= 4 is 5.97 Å². The number of aliphatic hydroxyl groups is 5. The van der Waals surface area contributed by atoms with Crippen LogP contribution in [0.2, 0.25) is 0 Å². The quantitative estimate of drug-likeness (QED) is 0.233. The Hall–Kier alpha value is -1.03. The highest BCUT2D eigenvalue weighted by Crippen LogP contribution is 2.75. The zero-order chi connectivity index (χ0) is 32.2. The number of allylic oxidation sites excluding steroid dienone is 2. The molecule has 1 aliphatic heterocycles. The molecule has 0 aromatic heterocycles. The fourth-order valence-electron chi connectivity index (χ4n) is 12.2. The maximum Gasteiger partial charge on any atom is 0.315 e. The van der Waals surface area contributed by atoms with E-state index in [0.717, 1.165) is 44.9 Å². The molecular formula is C36H58O8. The number of rotatable bonds is 3. The Kier molecular flexibility index (Phi) is 8.03. The Bertz CT molecular complexity index is 1170. The molecule has 15 atom stereocenters. The highest BCUT2D eigenvalue weighted by molar-refractivity contribution is 5.79. The van der Waals surface area contributed by atoms with Gasteiger partial charge in [0.1, 0.15) is 24.4 Å². The van der Waals surface area contributed by atoms with E-state index in [1.807, 2.05) is 0 Å². The Morgan fingerprint density at radius 2 is 1.59 bits per heavy atom. The molecule has 5 fully saturated rings. The van der Waals surface area contributed by atoms with E-state index in [9.17, 15) is 30.3 Å². The Balaban J connectivity index is 1.36. The fraction of sp³-hybridized carbons (Fsp3) is 0.917. The van der Waals surface area contributed by atoms with Crippen molar-refractivity contribution < 1.29 is 39.8 Å². The first-order valence-corrected chi connectivity index (χ1v) is 17.4. The maximum absolute atomic E-state index is 14.4. The van der Waals surface area contributed by atoms with Crippen LogP contribution in [0.5, 0.6) is 0 Å². The lowest BCUT2D eigenvalue weighted by Gasteiger charge is -2.71. The minimum absolute atomic E-state index is 0.00434. The van der Waals surface area contributed by atoms with Crippen LogP contribution in [0.25, 0.3) is 0 Å². The van der Waals surface area contributed by atoms with Crippen LogP contribution in [0.15, 0.2) is 11.6 Å². The van der Waals surface area contributed by atoms with Gasteiger partial charge in [0.2, 0.25) is 6.29 Å². The van der Waals surface area contributed by atoms with Crippen LogP contribution in [0.1, 0.15) is 106 Å². The maximum atomic E-state index is 14.4. The van der Waals surface area contributed by atoms with Crippen LogP contribution >= 0.6 is 0 Å². The second-order valence-electron chi connectivity index (χ2n) is 17.3. The average Bonchev–Trinajstić information content (AvgIpc) is 2.97. The van der Waals surface area contributed by atoms with Crippen molar-refractivity contribution in [3.05, 3.63) is 11.6 Å². The van der Waals surface area contributed by atoms with Gasteiger partial charge in [-0.1, -0.05) is 60.1 Å². The third-order valence-corrected chi connectivity index (χ3v) is 15.4. The molecule has 250 valence electrons. The molecule has 1 saturated heterocycles. The third kappa shape index (κ3) is 4.26. The topological polar surface area (TPSA) is 137 Å². The summed E-state index contributed by atoms with van der Waals surface area (Å²) >= 11 is 0. The minimum atomic E-state index is -1.61. The molecule has 44 heavy (non-hydrogen) atoms. The summed E-state index contributed by atoms with van der Waals surface area (Å²) in [7, 11) is 0. The third-order valence-electron chi connectivity index (χ3n) is 15.4. The van der Waals surface area contributed by atoms with Crippen molar-refractivity contribution in [3.63, 3.8) is 0 Å². The van der Waals surface area contributed by atoms with Gasteiger partial charge in [0.15, 0.2) is 0 Å². The molecule has 0 aromatic carbocycles. The Morgan fingerprint density at radius 3 is 2.27 bits per heavy atom. The predicted octanol–water partition coefficient (Wildman–Crippen LogP) is 4.35. The van der Waals surface area contributed by atoms with Crippen LogP contribution in [0, 0.1) is 56.7 Å². The number of aliphatic hydroxyl groups excluding tert-OH is 5. The smallest absolute Gasteiger partial charge is 0.315 e. The Labute approximate surface area is 263 Å². The zero-order valence-electron chi connectivity index (χ0n) is 28.0. The summed E-state index contributed by atoms with van der Waals surface area (Å²) in [5.41, 5.74) is 0.661. The first-order chi connectivity index (χ1) is 20.5. The van der Waals surface area contributed by atoms with Gasteiger partial charge in [-0.15, -0.1) is 0 Å². The van der Waals surface area contributed by atoms with Gasteiger partial charge in [-0.05, 0) is 109 Å². The minimum Gasteiger partial charge on any atom is -0.432 e. The summed E-state index contributed by atoms with van der Waals surface area (Å²) < 4.78 is 11.6. The summed E-state index contributed by atoms with van der Waals surface area (Å²) in [5, 5.41) is 52.0. The van der Waals surface area contributed by atoms with E-state index in [1.54, 1.807) is 0 Å². The summed E-state index contributed by atoms with van der Waals surface area (Å²) in [4.78, 5) is 14.4. The molecule has 8 nitrogen and oxygen atoms in total. The first-order valence-electron chi connectivity index (χ1n) is 17.4. The molecular weight excluding hydrogens is 560 g/mol. The number of ether oxygens (including phenoxy) is 2. The van der Waals surface area contributed by atoms with Gasteiger partial charge in [0.25, 0.3) is 0 Å². The second-order valence-corrected chi connectivity index (χ2v) is 17.3. The van der Waals surface area contributed by atoms with Crippen molar-refractivity contribution in [2.24, 2.45) is 56.7 Å². The largest absolute Gasteiger partial charge is 0.432 e. The van der Waals surface area contributed by atoms with Crippen molar-refractivity contribution in [2.45, 2.75) is 143 Å². The molecule has 0 radical (unpaired) electrons. The molecule has 0 bridgehead atoms. The van der Waals surface area contributed by atoms with E-state index >= 15 is 0 Å². The van der Waals surface area contributed by atoms with Crippen molar-refractivity contribution in [2.75, 3.05) is 6.61 Å². The molecule has 0 spiro atoms. The summed E-state index contributed by atoms with van der Waals surface area (Å²) in [6.07, 6.45) is 3.22. The lowest BCUT2D eigenvalue weighted by Crippen LogP contribution is -2.66. The molecule has 0 amide bonds. The van der Waals surface area contributed by atoms with Crippen LogP contribution < -0.4 is 0 Å². The van der Waals surface area contributed by atoms with Gasteiger partial charge >= 0.3 is 5.97 Å². The number of carbonyl (C=O) groups is 1. The molecule has 1 heterocycles. The van der Waals surface area contributed by atoms with Crippen LogP contribution in [0.4, 0.5) is 0 Å². The first kappa shape index (κ1) is 32.9. The monoisotopic (exact) mass is 618 g/mol. The second kappa shape index (κ2) is 10.7.